The van der Waals surface area contributed by atoms with Crippen molar-refractivity contribution in [2.75, 3.05) is 6.61 Å². The van der Waals surface area contributed by atoms with Crippen molar-refractivity contribution in [2.45, 2.75) is 45.6 Å². The van der Waals surface area contributed by atoms with Crippen LogP contribution in [0.25, 0.3) is 0 Å². The summed E-state index contributed by atoms with van der Waals surface area (Å²) in [6.07, 6.45) is 2.78. The third kappa shape index (κ3) is 2.44. The smallest absolute Gasteiger partial charge is 0.311 e. The number of aliphatic hydroxyl groups is 1. The Morgan fingerprint density at radius 2 is 2.38 bits per heavy atom. The molecule has 0 aromatic carbocycles. The average molecular weight is 186 g/mol. The molecule has 0 bridgehead atoms. The summed E-state index contributed by atoms with van der Waals surface area (Å²) in [4.78, 5) is 11.5. The van der Waals surface area contributed by atoms with Gasteiger partial charge in [0.15, 0.2) is 0 Å². The number of carbonyl (C=O) groups excluding carboxylic acids is 1. The minimum Gasteiger partial charge on any atom is -0.466 e. The first-order valence-corrected chi connectivity index (χ1v) is 4.94. The van der Waals surface area contributed by atoms with E-state index in [0.717, 1.165) is 19.3 Å². The van der Waals surface area contributed by atoms with Crippen molar-refractivity contribution in [1.29, 1.82) is 0 Å². The van der Waals surface area contributed by atoms with Crippen molar-refractivity contribution in [3.8, 4) is 0 Å². The molecule has 1 N–H and O–H groups in total. The number of hydrogen-bond acceptors (Lipinski definition) is 3. The lowest BCUT2D eigenvalue weighted by molar-refractivity contribution is -0.158. The van der Waals surface area contributed by atoms with Gasteiger partial charge in [0.2, 0.25) is 0 Å². The minimum absolute atomic E-state index is 0.159. The fourth-order valence-electron chi connectivity index (χ4n) is 1.94. The van der Waals surface area contributed by atoms with Crippen molar-refractivity contribution in [1.82, 2.24) is 0 Å². The van der Waals surface area contributed by atoms with Gasteiger partial charge < -0.3 is 9.84 Å². The van der Waals surface area contributed by atoms with Crippen LogP contribution >= 0.6 is 0 Å². The molecule has 1 fully saturated rings. The van der Waals surface area contributed by atoms with E-state index in [0.29, 0.717) is 13.0 Å². The second kappa shape index (κ2) is 4.09. The highest BCUT2D eigenvalue weighted by Crippen LogP contribution is 2.36. The summed E-state index contributed by atoms with van der Waals surface area (Å²) in [5, 5.41) is 9.45. The molecule has 0 aromatic heterocycles. The van der Waals surface area contributed by atoms with Gasteiger partial charge in [-0.1, -0.05) is 0 Å². The van der Waals surface area contributed by atoms with Crippen LogP contribution in [0.5, 0.6) is 0 Å². The maximum absolute atomic E-state index is 11.5. The average Bonchev–Trinajstić information content (AvgIpc) is 2.04. The van der Waals surface area contributed by atoms with Crippen molar-refractivity contribution >= 4 is 5.97 Å². The van der Waals surface area contributed by atoms with E-state index in [1.165, 1.54) is 0 Å². The van der Waals surface area contributed by atoms with Crippen LogP contribution in [0.4, 0.5) is 0 Å². The summed E-state index contributed by atoms with van der Waals surface area (Å²) in [5.74, 6) is -0.159. The van der Waals surface area contributed by atoms with Gasteiger partial charge in [-0.15, -0.1) is 0 Å². The van der Waals surface area contributed by atoms with E-state index in [1.807, 2.05) is 6.92 Å². The van der Waals surface area contributed by atoms with Crippen LogP contribution in [0.1, 0.15) is 39.5 Å². The highest BCUT2D eigenvalue weighted by atomic mass is 16.5. The molecule has 1 rings (SSSR count). The van der Waals surface area contributed by atoms with Crippen LogP contribution in [0.2, 0.25) is 0 Å². The summed E-state index contributed by atoms with van der Waals surface area (Å²) < 4.78 is 4.98. The molecule has 0 aliphatic heterocycles. The Hall–Kier alpha value is -0.570. The largest absolute Gasteiger partial charge is 0.466 e. The topological polar surface area (TPSA) is 46.5 Å². The lowest BCUT2D eigenvalue weighted by Gasteiger charge is -2.33. The predicted octanol–water partition coefficient (Wildman–Crippen LogP) is 1.49. The number of ether oxygens (including phenoxy) is 1. The number of carbonyl (C=O) groups is 1. The Labute approximate surface area is 79.1 Å². The number of hydrogen-bond donors (Lipinski definition) is 1. The van der Waals surface area contributed by atoms with E-state index < -0.39 is 5.41 Å². The Bertz CT molecular complexity index is 191. The van der Waals surface area contributed by atoms with Crippen LogP contribution in [-0.2, 0) is 9.53 Å². The van der Waals surface area contributed by atoms with Gasteiger partial charge >= 0.3 is 5.97 Å². The third-order valence-electron chi connectivity index (χ3n) is 2.72. The molecular weight excluding hydrogens is 168 g/mol. The van der Waals surface area contributed by atoms with E-state index in [2.05, 4.69) is 0 Å². The fraction of sp³-hybridized carbons (Fsp3) is 0.900. The first-order valence-electron chi connectivity index (χ1n) is 4.94. The summed E-state index contributed by atoms with van der Waals surface area (Å²) in [6, 6.07) is 0. The molecule has 76 valence electrons. The Balaban J connectivity index is 2.57. The Morgan fingerprint density at radius 1 is 1.69 bits per heavy atom. The number of esters is 1. The lowest BCUT2D eigenvalue weighted by Crippen LogP contribution is -2.37. The van der Waals surface area contributed by atoms with Gasteiger partial charge in [0.1, 0.15) is 0 Å². The molecule has 2 atom stereocenters. The summed E-state index contributed by atoms with van der Waals surface area (Å²) >= 11 is 0. The SMILES string of the molecule is CCOC(=O)[C@]1(C)CCC[C@@H](O)C1. The van der Waals surface area contributed by atoms with Gasteiger partial charge in [0.05, 0.1) is 18.1 Å². The maximum Gasteiger partial charge on any atom is 0.311 e. The van der Waals surface area contributed by atoms with Crippen LogP contribution in [-0.4, -0.2) is 23.8 Å². The number of rotatable bonds is 2. The molecule has 3 nitrogen and oxygen atoms in total. The highest BCUT2D eigenvalue weighted by molar-refractivity contribution is 5.76. The van der Waals surface area contributed by atoms with E-state index in [9.17, 15) is 9.90 Å². The molecule has 0 amide bonds. The van der Waals surface area contributed by atoms with Crippen LogP contribution in [0.3, 0.4) is 0 Å². The third-order valence-corrected chi connectivity index (χ3v) is 2.72. The van der Waals surface area contributed by atoms with Crippen LogP contribution < -0.4 is 0 Å². The molecule has 13 heavy (non-hydrogen) atoms. The normalized spacial score (nSPS) is 34.2. The van der Waals surface area contributed by atoms with Crippen LogP contribution in [0.15, 0.2) is 0 Å². The van der Waals surface area contributed by atoms with Crippen LogP contribution in [0, 0.1) is 5.41 Å². The second-order valence-electron chi connectivity index (χ2n) is 4.03. The lowest BCUT2D eigenvalue weighted by atomic mass is 9.74. The van der Waals surface area contributed by atoms with Gasteiger partial charge in [-0.2, -0.15) is 0 Å². The Kier molecular flexibility index (Phi) is 3.31. The van der Waals surface area contributed by atoms with E-state index in [1.54, 1.807) is 6.92 Å². The van der Waals surface area contributed by atoms with Gasteiger partial charge in [0, 0.05) is 0 Å². The predicted molar refractivity (Wildman–Crippen MR) is 49.2 cm³/mol. The standard InChI is InChI=1S/C10H18O3/c1-3-13-9(12)10(2)6-4-5-8(11)7-10/h8,11H,3-7H2,1-2H3/t8-,10-/m1/s1. The second-order valence-corrected chi connectivity index (χ2v) is 4.03. The molecule has 0 spiro atoms. The highest BCUT2D eigenvalue weighted by Gasteiger charge is 2.39. The van der Waals surface area contributed by atoms with Crippen molar-refractivity contribution < 1.29 is 14.6 Å². The summed E-state index contributed by atoms with van der Waals surface area (Å²) in [7, 11) is 0. The summed E-state index contributed by atoms with van der Waals surface area (Å²) in [6.45, 7) is 4.11. The molecule has 0 saturated heterocycles. The zero-order valence-electron chi connectivity index (χ0n) is 8.38. The zero-order chi connectivity index (χ0) is 9.90. The van der Waals surface area contributed by atoms with Gasteiger partial charge in [-0.25, -0.2) is 0 Å². The molecule has 0 radical (unpaired) electrons. The molecule has 3 heteroatoms. The zero-order valence-corrected chi connectivity index (χ0v) is 8.38. The van der Waals surface area contributed by atoms with E-state index >= 15 is 0 Å². The quantitative estimate of drug-likeness (QED) is 0.665. The van der Waals surface area contributed by atoms with Gasteiger partial charge in [0.25, 0.3) is 0 Å². The van der Waals surface area contributed by atoms with Crippen molar-refractivity contribution in [2.24, 2.45) is 5.41 Å². The Morgan fingerprint density at radius 3 is 2.92 bits per heavy atom. The van der Waals surface area contributed by atoms with Gasteiger partial charge in [-0.3, -0.25) is 4.79 Å². The molecule has 0 aromatic rings. The molecule has 1 aliphatic rings. The first-order chi connectivity index (χ1) is 6.08. The maximum atomic E-state index is 11.5. The minimum atomic E-state index is -0.451. The molecule has 0 heterocycles. The first kappa shape index (κ1) is 10.5. The molecular formula is C10H18O3. The molecule has 1 aliphatic carbocycles. The van der Waals surface area contributed by atoms with Crippen molar-refractivity contribution in [3.05, 3.63) is 0 Å². The van der Waals surface area contributed by atoms with Gasteiger partial charge in [-0.05, 0) is 39.5 Å². The summed E-state index contributed by atoms with van der Waals surface area (Å²) in [5.41, 5.74) is -0.451. The molecule has 0 unspecified atom stereocenters. The van der Waals surface area contributed by atoms with E-state index in [-0.39, 0.29) is 12.1 Å². The van der Waals surface area contributed by atoms with Crippen molar-refractivity contribution in [3.63, 3.8) is 0 Å². The van der Waals surface area contributed by atoms with E-state index in [4.69, 9.17) is 4.74 Å². The monoisotopic (exact) mass is 186 g/mol. The fourth-order valence-corrected chi connectivity index (χ4v) is 1.94. The molecule has 1 saturated carbocycles. The number of aliphatic hydroxyl groups excluding tert-OH is 1.